The molecule has 2 aromatic rings. The Morgan fingerprint density at radius 2 is 1.69 bits per heavy atom. The molecular formula is C18H24N4O3S. The van der Waals surface area contributed by atoms with Gasteiger partial charge in [0.15, 0.2) is 5.82 Å². The van der Waals surface area contributed by atoms with Crippen molar-refractivity contribution in [3.63, 3.8) is 0 Å². The second-order valence-electron chi connectivity index (χ2n) is 6.38. The van der Waals surface area contributed by atoms with E-state index >= 15 is 0 Å². The first-order valence-electron chi connectivity index (χ1n) is 8.78. The Hall–Kier alpha value is -1.87. The summed E-state index contributed by atoms with van der Waals surface area (Å²) in [7, 11) is -3.60. The van der Waals surface area contributed by atoms with Crippen LogP contribution < -0.4 is 0 Å². The van der Waals surface area contributed by atoms with Crippen molar-refractivity contribution in [3.05, 3.63) is 42.7 Å². The second-order valence-corrected chi connectivity index (χ2v) is 8.31. The number of piperazine rings is 1. The number of nitrogens with zero attached hydrogens (tertiary/aromatic N) is 4. The number of hydrogen-bond donors (Lipinski definition) is 1. The standard InChI is InChI=1S/C18H24N4O3S/c1-2-16(23)14-21-8-10-22(11-9-21)26(24,25)17-12-19-18(20-13-17)15-6-4-3-5-7-15/h3-7,12-13,16,23H,2,8-11,14H2,1H3. The Balaban J connectivity index is 1.67. The summed E-state index contributed by atoms with van der Waals surface area (Å²) in [5.74, 6) is 0.503. The number of sulfonamides is 1. The Morgan fingerprint density at radius 1 is 1.08 bits per heavy atom. The van der Waals surface area contributed by atoms with E-state index in [4.69, 9.17) is 0 Å². The molecule has 26 heavy (non-hydrogen) atoms. The van der Waals surface area contributed by atoms with Crippen LogP contribution in [0.2, 0.25) is 0 Å². The molecular weight excluding hydrogens is 352 g/mol. The van der Waals surface area contributed by atoms with Crippen molar-refractivity contribution < 1.29 is 13.5 Å². The minimum absolute atomic E-state index is 0.110. The molecule has 0 bridgehead atoms. The average molecular weight is 376 g/mol. The molecule has 0 saturated carbocycles. The van der Waals surface area contributed by atoms with Gasteiger partial charge in [-0.15, -0.1) is 0 Å². The number of β-amino-alcohol motifs (C(OH)–C–C–N with tert-alkyl or cyclic N) is 1. The largest absolute Gasteiger partial charge is 0.392 e. The minimum atomic E-state index is -3.60. The Bertz CT molecular complexity index is 804. The molecule has 1 aliphatic rings. The van der Waals surface area contributed by atoms with Crippen LogP contribution in [0.3, 0.4) is 0 Å². The predicted molar refractivity (Wildman–Crippen MR) is 99.0 cm³/mol. The number of rotatable bonds is 6. The highest BCUT2D eigenvalue weighted by Gasteiger charge is 2.29. The Labute approximate surface area is 154 Å². The van der Waals surface area contributed by atoms with Crippen LogP contribution in [0.1, 0.15) is 13.3 Å². The van der Waals surface area contributed by atoms with Crippen LogP contribution in [0.4, 0.5) is 0 Å². The van der Waals surface area contributed by atoms with E-state index in [1.54, 1.807) is 0 Å². The summed E-state index contributed by atoms with van der Waals surface area (Å²) >= 11 is 0. The molecule has 140 valence electrons. The fourth-order valence-electron chi connectivity index (χ4n) is 2.91. The van der Waals surface area contributed by atoms with Gasteiger partial charge in [-0.25, -0.2) is 18.4 Å². The summed E-state index contributed by atoms with van der Waals surface area (Å²) in [6.45, 7) is 4.54. The van der Waals surface area contributed by atoms with Gasteiger partial charge in [0.1, 0.15) is 4.90 Å². The smallest absolute Gasteiger partial charge is 0.246 e. The topological polar surface area (TPSA) is 86.6 Å². The van der Waals surface area contributed by atoms with Gasteiger partial charge >= 0.3 is 0 Å². The molecule has 2 heterocycles. The van der Waals surface area contributed by atoms with E-state index in [1.165, 1.54) is 16.7 Å². The maximum atomic E-state index is 12.8. The van der Waals surface area contributed by atoms with Crippen LogP contribution in [-0.2, 0) is 10.0 Å². The van der Waals surface area contributed by atoms with Crippen LogP contribution in [-0.4, -0.2) is 71.5 Å². The van der Waals surface area contributed by atoms with Gasteiger partial charge in [0.05, 0.1) is 18.5 Å². The molecule has 1 fully saturated rings. The van der Waals surface area contributed by atoms with Crippen molar-refractivity contribution in [2.24, 2.45) is 0 Å². The number of aromatic nitrogens is 2. The van der Waals surface area contributed by atoms with Crippen LogP contribution in [0, 0.1) is 0 Å². The highest BCUT2D eigenvalue weighted by atomic mass is 32.2. The molecule has 0 amide bonds. The first-order valence-corrected chi connectivity index (χ1v) is 10.2. The molecule has 0 radical (unpaired) electrons. The highest BCUT2D eigenvalue weighted by Crippen LogP contribution is 2.19. The van der Waals surface area contributed by atoms with E-state index in [0.717, 1.165) is 5.56 Å². The van der Waals surface area contributed by atoms with Crippen molar-refractivity contribution in [1.29, 1.82) is 0 Å². The van der Waals surface area contributed by atoms with Crippen molar-refractivity contribution in [3.8, 4) is 11.4 Å². The van der Waals surface area contributed by atoms with E-state index in [2.05, 4.69) is 14.9 Å². The van der Waals surface area contributed by atoms with Crippen molar-refractivity contribution >= 4 is 10.0 Å². The second kappa shape index (κ2) is 8.22. The summed E-state index contributed by atoms with van der Waals surface area (Å²) in [6, 6.07) is 9.44. The molecule has 1 aliphatic heterocycles. The number of aliphatic hydroxyl groups is 1. The zero-order valence-corrected chi connectivity index (χ0v) is 15.6. The molecule has 0 aliphatic carbocycles. The maximum Gasteiger partial charge on any atom is 0.246 e. The van der Waals surface area contributed by atoms with E-state index in [-0.39, 0.29) is 11.0 Å². The van der Waals surface area contributed by atoms with Crippen molar-refractivity contribution in [2.45, 2.75) is 24.3 Å². The fourth-order valence-corrected chi connectivity index (χ4v) is 4.23. The van der Waals surface area contributed by atoms with E-state index in [9.17, 15) is 13.5 Å². The lowest BCUT2D eigenvalue weighted by atomic mass is 10.2. The third-order valence-corrected chi connectivity index (χ3v) is 6.42. The number of aliphatic hydroxyl groups excluding tert-OH is 1. The lowest BCUT2D eigenvalue weighted by Gasteiger charge is -2.34. The third-order valence-electron chi connectivity index (χ3n) is 4.57. The zero-order valence-electron chi connectivity index (χ0n) is 14.8. The minimum Gasteiger partial charge on any atom is -0.392 e. The van der Waals surface area contributed by atoms with Crippen LogP contribution >= 0.6 is 0 Å². The molecule has 3 rings (SSSR count). The Kier molecular flexibility index (Phi) is 5.98. The van der Waals surface area contributed by atoms with Gasteiger partial charge in [-0.3, -0.25) is 4.90 Å². The van der Waals surface area contributed by atoms with Gasteiger partial charge in [-0.05, 0) is 6.42 Å². The van der Waals surface area contributed by atoms with Crippen molar-refractivity contribution in [1.82, 2.24) is 19.2 Å². The maximum absolute atomic E-state index is 12.8. The molecule has 7 nitrogen and oxygen atoms in total. The van der Waals surface area contributed by atoms with E-state index < -0.39 is 10.0 Å². The van der Waals surface area contributed by atoms with Crippen LogP contribution in [0.15, 0.2) is 47.6 Å². The fraction of sp³-hybridized carbons (Fsp3) is 0.444. The van der Waals surface area contributed by atoms with Gasteiger partial charge in [-0.2, -0.15) is 4.31 Å². The summed E-state index contributed by atoms with van der Waals surface area (Å²) in [6.07, 6.45) is 3.08. The van der Waals surface area contributed by atoms with Crippen LogP contribution in [0.5, 0.6) is 0 Å². The lowest BCUT2D eigenvalue weighted by Crippen LogP contribution is -2.50. The Morgan fingerprint density at radius 3 is 2.27 bits per heavy atom. The molecule has 1 unspecified atom stereocenters. The highest BCUT2D eigenvalue weighted by molar-refractivity contribution is 7.89. The number of benzene rings is 1. The summed E-state index contributed by atoms with van der Waals surface area (Å²) in [5, 5.41) is 9.74. The SMILES string of the molecule is CCC(O)CN1CCN(S(=O)(=O)c2cnc(-c3ccccc3)nc2)CC1. The molecule has 1 N–H and O–H groups in total. The van der Waals surface area contributed by atoms with E-state index in [0.29, 0.717) is 45.0 Å². The zero-order chi connectivity index (χ0) is 18.6. The monoisotopic (exact) mass is 376 g/mol. The first-order chi connectivity index (χ1) is 12.5. The normalized spacial score (nSPS) is 17.9. The quantitative estimate of drug-likeness (QED) is 0.816. The van der Waals surface area contributed by atoms with Gasteiger partial charge in [0.25, 0.3) is 0 Å². The first kappa shape index (κ1) is 18.9. The molecule has 1 atom stereocenters. The van der Waals surface area contributed by atoms with Gasteiger partial charge < -0.3 is 5.11 Å². The van der Waals surface area contributed by atoms with Gasteiger partial charge in [0.2, 0.25) is 10.0 Å². The van der Waals surface area contributed by atoms with Crippen LogP contribution in [0.25, 0.3) is 11.4 Å². The van der Waals surface area contributed by atoms with Gasteiger partial charge in [0, 0.05) is 38.3 Å². The van der Waals surface area contributed by atoms with E-state index in [1.807, 2.05) is 37.3 Å². The molecule has 0 spiro atoms. The molecule has 1 saturated heterocycles. The summed E-state index contributed by atoms with van der Waals surface area (Å²) in [4.78, 5) is 10.6. The molecule has 8 heteroatoms. The third kappa shape index (κ3) is 4.27. The lowest BCUT2D eigenvalue weighted by molar-refractivity contribution is 0.0896. The van der Waals surface area contributed by atoms with Crippen molar-refractivity contribution in [2.75, 3.05) is 32.7 Å². The average Bonchev–Trinajstić information content (AvgIpc) is 2.69. The van der Waals surface area contributed by atoms with Gasteiger partial charge in [-0.1, -0.05) is 37.3 Å². The molecule has 1 aromatic heterocycles. The summed E-state index contributed by atoms with van der Waals surface area (Å²) in [5.41, 5.74) is 0.847. The molecule has 1 aromatic carbocycles. The predicted octanol–water partition coefficient (Wildman–Crippen LogP) is 1.22. The number of hydrogen-bond acceptors (Lipinski definition) is 6. The summed E-state index contributed by atoms with van der Waals surface area (Å²) < 4.78 is 27.1.